The molecule has 5 aromatic rings. The van der Waals surface area contributed by atoms with Gasteiger partial charge in [-0.2, -0.15) is 0 Å². The highest BCUT2D eigenvalue weighted by atomic mass is 16.5. The highest BCUT2D eigenvalue weighted by Crippen LogP contribution is 2.27. The molecule has 0 radical (unpaired) electrons. The Hall–Kier alpha value is -4.39. The first kappa shape index (κ1) is 29.1. The van der Waals surface area contributed by atoms with Crippen LogP contribution in [-0.2, 0) is 18.5 Å². The number of rotatable bonds is 11. The van der Waals surface area contributed by atoms with Crippen molar-refractivity contribution in [3.63, 3.8) is 0 Å². The smallest absolute Gasteiger partial charge is 0.235 e. The Kier molecular flexibility index (Phi) is 9.06. The van der Waals surface area contributed by atoms with Gasteiger partial charge in [0.05, 0.1) is 5.39 Å². The third kappa shape index (κ3) is 7.66. The van der Waals surface area contributed by atoms with E-state index in [1.807, 2.05) is 60.7 Å². The minimum atomic E-state index is -0.685. The Morgan fingerprint density at radius 3 is 2.00 bits per heavy atom. The normalized spacial score (nSPS) is 12.4. The second kappa shape index (κ2) is 13.1. The maximum atomic E-state index is 13.1. The highest BCUT2D eigenvalue weighted by molar-refractivity contribution is 5.79. The van der Waals surface area contributed by atoms with Gasteiger partial charge >= 0.3 is 0 Å². The number of nitrogens with one attached hydrogen (secondary N) is 1. The number of quaternary nitrogens is 1. The second-order valence-corrected chi connectivity index (χ2v) is 11.7. The third-order valence-electron chi connectivity index (χ3n) is 7.22. The zero-order valence-corrected chi connectivity index (χ0v) is 24.4. The van der Waals surface area contributed by atoms with Crippen LogP contribution in [0.2, 0.25) is 0 Å². The molecule has 0 bridgehead atoms. The van der Waals surface area contributed by atoms with Gasteiger partial charge in [-0.15, -0.1) is 0 Å². The van der Waals surface area contributed by atoms with E-state index in [-0.39, 0.29) is 23.2 Å². The molecule has 0 saturated carbocycles. The lowest BCUT2D eigenvalue weighted by molar-refractivity contribution is -0.930. The Balaban J connectivity index is 1.22. The first-order valence-electron chi connectivity index (χ1n) is 14.3. The predicted octanol–water partition coefficient (Wildman–Crippen LogP) is 5.91. The van der Waals surface area contributed by atoms with Crippen molar-refractivity contribution in [3.8, 4) is 17.2 Å². The number of ether oxygens (including phenoxy) is 2. The van der Waals surface area contributed by atoms with Crippen LogP contribution < -0.4 is 19.8 Å². The molecule has 5 rings (SSSR count). The molecule has 6 nitrogen and oxygen atoms in total. The van der Waals surface area contributed by atoms with Gasteiger partial charge in [0.2, 0.25) is 11.2 Å². The molecular formula is C36H38NO5+. The number of benzene rings is 4. The van der Waals surface area contributed by atoms with Crippen molar-refractivity contribution >= 4 is 11.0 Å². The summed E-state index contributed by atoms with van der Waals surface area (Å²) in [6.07, 6.45) is 0.644. The van der Waals surface area contributed by atoms with Gasteiger partial charge in [0.25, 0.3) is 0 Å². The first-order chi connectivity index (χ1) is 20.2. The van der Waals surface area contributed by atoms with E-state index in [1.54, 1.807) is 18.2 Å². The van der Waals surface area contributed by atoms with Gasteiger partial charge in [0.1, 0.15) is 55.7 Å². The van der Waals surface area contributed by atoms with Crippen molar-refractivity contribution in [1.82, 2.24) is 0 Å². The molecule has 6 heteroatoms. The lowest BCUT2D eigenvalue weighted by Gasteiger charge is -2.23. The lowest BCUT2D eigenvalue weighted by Crippen LogP contribution is -3.10. The van der Waals surface area contributed by atoms with E-state index in [0.29, 0.717) is 29.0 Å². The van der Waals surface area contributed by atoms with Crippen molar-refractivity contribution in [2.24, 2.45) is 0 Å². The van der Waals surface area contributed by atoms with Crippen LogP contribution in [0.25, 0.3) is 11.0 Å². The fourth-order valence-electron chi connectivity index (χ4n) is 4.96. The van der Waals surface area contributed by atoms with Gasteiger partial charge in [-0.1, -0.05) is 93.6 Å². The van der Waals surface area contributed by atoms with Crippen molar-refractivity contribution in [2.45, 2.75) is 45.4 Å². The van der Waals surface area contributed by atoms with Crippen molar-refractivity contribution in [3.05, 3.63) is 136 Å². The largest absolute Gasteiger partial charge is 0.491 e. The average molecular weight is 565 g/mol. The maximum Gasteiger partial charge on any atom is 0.235 e. The molecule has 216 valence electrons. The molecule has 0 saturated heterocycles. The number of hydrogen-bond acceptors (Lipinski definition) is 5. The minimum absolute atomic E-state index is 0.0290. The van der Waals surface area contributed by atoms with Crippen molar-refractivity contribution < 1.29 is 23.9 Å². The van der Waals surface area contributed by atoms with E-state index in [4.69, 9.17) is 13.9 Å². The molecule has 2 N–H and O–H groups in total. The lowest BCUT2D eigenvalue weighted by atomic mass is 9.87. The number of aliphatic hydroxyl groups excluding tert-OH is 1. The van der Waals surface area contributed by atoms with Crippen LogP contribution in [0, 0.1) is 0 Å². The molecule has 42 heavy (non-hydrogen) atoms. The fraction of sp³-hybridized carbons (Fsp3) is 0.250. The van der Waals surface area contributed by atoms with Crippen LogP contribution in [0.3, 0.4) is 0 Å². The monoisotopic (exact) mass is 564 g/mol. The van der Waals surface area contributed by atoms with Gasteiger partial charge in [-0.25, -0.2) is 0 Å². The summed E-state index contributed by atoms with van der Waals surface area (Å²) in [5.41, 5.74) is 3.77. The summed E-state index contributed by atoms with van der Waals surface area (Å²) in [6.45, 7) is 8.66. The van der Waals surface area contributed by atoms with E-state index < -0.39 is 6.10 Å². The topological polar surface area (TPSA) is 73.3 Å². The molecule has 0 amide bonds. The SMILES string of the molecule is CC(C)(C)c1ccc(Oc2coc3cc(OCC(O)C[NH+](Cc4ccccc4)Cc4ccccc4)ccc3c2=O)cc1. The Labute approximate surface area is 246 Å². The summed E-state index contributed by atoms with van der Waals surface area (Å²) in [7, 11) is 0. The fourth-order valence-corrected chi connectivity index (χ4v) is 4.96. The molecular weight excluding hydrogens is 526 g/mol. The van der Waals surface area contributed by atoms with E-state index in [0.717, 1.165) is 13.1 Å². The molecule has 0 aliphatic rings. The van der Waals surface area contributed by atoms with Gasteiger partial charge in [0, 0.05) is 17.2 Å². The molecule has 1 heterocycles. The van der Waals surface area contributed by atoms with Crippen LogP contribution in [0.5, 0.6) is 17.2 Å². The summed E-state index contributed by atoms with van der Waals surface area (Å²) >= 11 is 0. The first-order valence-corrected chi connectivity index (χ1v) is 14.3. The number of aliphatic hydroxyl groups is 1. The summed E-state index contributed by atoms with van der Waals surface area (Å²) in [5.74, 6) is 1.21. The predicted molar refractivity (Wildman–Crippen MR) is 165 cm³/mol. The van der Waals surface area contributed by atoms with Crippen LogP contribution in [0.4, 0.5) is 0 Å². The quantitative estimate of drug-likeness (QED) is 0.209. The molecule has 4 aromatic carbocycles. The molecule has 1 aromatic heterocycles. The molecule has 0 fully saturated rings. The number of fused-ring (bicyclic) bond motifs is 1. The zero-order valence-electron chi connectivity index (χ0n) is 24.4. The van der Waals surface area contributed by atoms with Crippen LogP contribution in [0.15, 0.2) is 119 Å². The van der Waals surface area contributed by atoms with Crippen molar-refractivity contribution in [1.29, 1.82) is 0 Å². The van der Waals surface area contributed by atoms with Gasteiger partial charge < -0.3 is 23.9 Å². The maximum absolute atomic E-state index is 13.1. The third-order valence-corrected chi connectivity index (χ3v) is 7.22. The summed E-state index contributed by atoms with van der Waals surface area (Å²) in [4.78, 5) is 14.3. The van der Waals surface area contributed by atoms with Gasteiger partial charge in [-0.05, 0) is 35.2 Å². The minimum Gasteiger partial charge on any atom is -0.491 e. The van der Waals surface area contributed by atoms with Crippen LogP contribution in [0.1, 0.15) is 37.5 Å². The summed E-state index contributed by atoms with van der Waals surface area (Å²) in [6, 6.07) is 33.3. The van der Waals surface area contributed by atoms with Gasteiger partial charge in [-0.3, -0.25) is 4.79 Å². The van der Waals surface area contributed by atoms with Crippen LogP contribution >= 0.6 is 0 Å². The Morgan fingerprint density at radius 2 is 1.40 bits per heavy atom. The van der Waals surface area contributed by atoms with E-state index in [2.05, 4.69) is 45.0 Å². The van der Waals surface area contributed by atoms with Crippen LogP contribution in [-0.4, -0.2) is 24.4 Å². The second-order valence-electron chi connectivity index (χ2n) is 11.7. The molecule has 1 atom stereocenters. The highest BCUT2D eigenvalue weighted by Gasteiger charge is 2.18. The summed E-state index contributed by atoms with van der Waals surface area (Å²) < 4.78 is 17.5. The van der Waals surface area contributed by atoms with E-state index in [9.17, 15) is 9.90 Å². The standard InChI is InChI=1S/C36H37NO5/c1-36(2,3)28-14-16-30(17-15-28)42-34-25-41-33-20-31(18-19-32(33)35(34)39)40-24-29(38)23-37(21-26-10-6-4-7-11-26)22-27-12-8-5-9-13-27/h4-20,25,29,38H,21-24H2,1-3H3/p+1. The zero-order chi connectivity index (χ0) is 29.5. The average Bonchev–Trinajstić information content (AvgIpc) is 2.98. The summed E-state index contributed by atoms with van der Waals surface area (Å²) in [5, 5.41) is 11.3. The molecule has 0 spiro atoms. The Bertz CT molecular complexity index is 1600. The molecule has 1 unspecified atom stereocenters. The van der Waals surface area contributed by atoms with Crippen molar-refractivity contribution in [2.75, 3.05) is 13.2 Å². The van der Waals surface area contributed by atoms with Gasteiger partial charge in [0.15, 0.2) is 0 Å². The number of hydrogen-bond donors (Lipinski definition) is 2. The van der Waals surface area contributed by atoms with E-state index in [1.165, 1.54) is 27.9 Å². The Morgan fingerprint density at radius 1 is 0.810 bits per heavy atom. The molecule has 0 aliphatic heterocycles. The van der Waals surface area contributed by atoms with E-state index >= 15 is 0 Å². The molecule has 0 aliphatic carbocycles.